The molecule has 9 aromatic carbocycles. The summed E-state index contributed by atoms with van der Waals surface area (Å²) in [6.07, 6.45) is 0. The molecule has 52 heavy (non-hydrogen) atoms. The Morgan fingerprint density at radius 3 is 1.67 bits per heavy atom. The van der Waals surface area contributed by atoms with Gasteiger partial charge >= 0.3 is 0 Å². The number of aromatic nitrogens is 2. The maximum atomic E-state index is 2.46. The molecule has 2 heteroatoms. The molecule has 0 amide bonds. The molecule has 0 atom stereocenters. The summed E-state index contributed by atoms with van der Waals surface area (Å²) in [7, 11) is 0. The van der Waals surface area contributed by atoms with Crippen LogP contribution in [0.3, 0.4) is 0 Å². The third-order valence-corrected chi connectivity index (χ3v) is 10.9. The predicted octanol–water partition coefficient (Wildman–Crippen LogP) is 13.5. The van der Waals surface area contributed by atoms with Gasteiger partial charge in [0, 0.05) is 32.9 Å². The van der Waals surface area contributed by atoms with E-state index in [4.69, 9.17) is 0 Å². The van der Waals surface area contributed by atoms with Gasteiger partial charge in [-0.3, -0.25) is 0 Å². The molecule has 2 heterocycles. The molecule has 0 spiro atoms. The average molecular weight is 661 g/mol. The van der Waals surface area contributed by atoms with E-state index in [-0.39, 0.29) is 0 Å². The number of hydrogen-bond donors (Lipinski definition) is 0. The summed E-state index contributed by atoms with van der Waals surface area (Å²) in [4.78, 5) is 0. The second-order valence-corrected chi connectivity index (χ2v) is 13.7. The minimum absolute atomic E-state index is 1.15. The third-order valence-electron chi connectivity index (χ3n) is 10.9. The van der Waals surface area contributed by atoms with Crippen LogP contribution in [0, 0.1) is 0 Å². The van der Waals surface area contributed by atoms with Crippen LogP contribution < -0.4 is 0 Å². The van der Waals surface area contributed by atoms with Gasteiger partial charge < -0.3 is 9.13 Å². The highest BCUT2D eigenvalue weighted by Gasteiger charge is 2.21. The van der Waals surface area contributed by atoms with Gasteiger partial charge in [-0.05, 0) is 92.3 Å². The number of nitrogens with zero attached hydrogens (tertiary/aromatic N) is 2. The standard InChI is InChI=1S/C50H32N2/c1-2-11-33(12-3-1)38-24-28-44-48(32-38)51(39-25-22-36(23-26-39)42-19-10-16-35-14-6-7-17-41(35)42)46-29-30-47-49(50(44)46)43-18-8-9-20-45(43)52(47)40-27-21-34-13-4-5-15-37(34)31-40/h1-32H. The fourth-order valence-electron chi connectivity index (χ4n) is 8.52. The van der Waals surface area contributed by atoms with Crippen LogP contribution in [-0.4, -0.2) is 9.13 Å². The van der Waals surface area contributed by atoms with Crippen molar-refractivity contribution in [1.82, 2.24) is 9.13 Å². The average Bonchev–Trinajstić information content (AvgIpc) is 3.73. The Morgan fingerprint density at radius 1 is 0.269 bits per heavy atom. The predicted molar refractivity (Wildman–Crippen MR) is 221 cm³/mol. The van der Waals surface area contributed by atoms with E-state index in [2.05, 4.69) is 203 Å². The highest BCUT2D eigenvalue weighted by molar-refractivity contribution is 6.29. The Morgan fingerprint density at radius 2 is 0.865 bits per heavy atom. The fourth-order valence-corrected chi connectivity index (χ4v) is 8.52. The topological polar surface area (TPSA) is 9.86 Å². The Hall–Kier alpha value is -6.90. The zero-order valence-electron chi connectivity index (χ0n) is 28.4. The Bertz CT molecular complexity index is 3160. The summed E-state index contributed by atoms with van der Waals surface area (Å²) >= 11 is 0. The molecule has 0 saturated heterocycles. The van der Waals surface area contributed by atoms with Crippen LogP contribution in [0.5, 0.6) is 0 Å². The normalized spacial score (nSPS) is 11.8. The van der Waals surface area contributed by atoms with Crippen molar-refractivity contribution in [3.63, 3.8) is 0 Å². The molecular weight excluding hydrogens is 629 g/mol. The molecule has 0 radical (unpaired) electrons. The molecule has 0 aliphatic heterocycles. The molecule has 11 rings (SSSR count). The first-order valence-corrected chi connectivity index (χ1v) is 17.9. The van der Waals surface area contributed by atoms with E-state index in [1.54, 1.807) is 0 Å². The molecule has 0 aliphatic rings. The maximum Gasteiger partial charge on any atom is 0.0548 e. The highest BCUT2D eigenvalue weighted by atomic mass is 15.0. The van der Waals surface area contributed by atoms with Crippen LogP contribution in [0.2, 0.25) is 0 Å². The number of hydrogen-bond acceptors (Lipinski definition) is 0. The van der Waals surface area contributed by atoms with Crippen molar-refractivity contribution in [1.29, 1.82) is 0 Å². The van der Waals surface area contributed by atoms with Gasteiger partial charge in [-0.1, -0.05) is 146 Å². The quantitative estimate of drug-likeness (QED) is 0.178. The molecule has 0 N–H and O–H groups in total. The molecule has 0 saturated carbocycles. The van der Waals surface area contributed by atoms with Crippen LogP contribution in [0.4, 0.5) is 0 Å². The zero-order valence-corrected chi connectivity index (χ0v) is 28.4. The van der Waals surface area contributed by atoms with E-state index in [1.807, 2.05) is 0 Å². The van der Waals surface area contributed by atoms with Crippen LogP contribution in [-0.2, 0) is 0 Å². The lowest BCUT2D eigenvalue weighted by Gasteiger charge is -2.12. The highest BCUT2D eigenvalue weighted by Crippen LogP contribution is 2.43. The first-order valence-electron chi connectivity index (χ1n) is 17.9. The largest absolute Gasteiger partial charge is 0.309 e. The van der Waals surface area contributed by atoms with Crippen molar-refractivity contribution in [2.75, 3.05) is 0 Å². The van der Waals surface area contributed by atoms with Crippen molar-refractivity contribution in [3.8, 4) is 33.6 Å². The molecule has 2 aromatic heterocycles. The molecule has 11 aromatic rings. The number of fused-ring (bicyclic) bond motifs is 9. The van der Waals surface area contributed by atoms with Crippen LogP contribution >= 0.6 is 0 Å². The molecule has 0 bridgehead atoms. The minimum atomic E-state index is 1.15. The van der Waals surface area contributed by atoms with Gasteiger partial charge in [-0.25, -0.2) is 0 Å². The van der Waals surface area contributed by atoms with E-state index < -0.39 is 0 Å². The number of para-hydroxylation sites is 1. The summed E-state index contributed by atoms with van der Waals surface area (Å²) in [6, 6.07) is 71.0. The van der Waals surface area contributed by atoms with Crippen molar-refractivity contribution in [3.05, 3.63) is 194 Å². The lowest BCUT2D eigenvalue weighted by Crippen LogP contribution is -1.95. The molecule has 0 aliphatic carbocycles. The monoisotopic (exact) mass is 660 g/mol. The van der Waals surface area contributed by atoms with Gasteiger partial charge in [0.2, 0.25) is 0 Å². The van der Waals surface area contributed by atoms with Gasteiger partial charge in [0.1, 0.15) is 0 Å². The van der Waals surface area contributed by atoms with Crippen molar-refractivity contribution >= 4 is 65.2 Å². The number of rotatable bonds is 4. The molecular formula is C50H32N2. The Balaban J connectivity index is 1.20. The van der Waals surface area contributed by atoms with Gasteiger partial charge in [-0.15, -0.1) is 0 Å². The van der Waals surface area contributed by atoms with Crippen molar-refractivity contribution < 1.29 is 0 Å². The molecule has 2 nitrogen and oxygen atoms in total. The van der Waals surface area contributed by atoms with E-state index in [9.17, 15) is 0 Å². The van der Waals surface area contributed by atoms with E-state index >= 15 is 0 Å². The molecule has 0 unspecified atom stereocenters. The van der Waals surface area contributed by atoms with Gasteiger partial charge in [0.25, 0.3) is 0 Å². The Kier molecular flexibility index (Phi) is 6.28. The maximum absolute atomic E-state index is 2.46. The fraction of sp³-hybridized carbons (Fsp3) is 0. The summed E-state index contributed by atoms with van der Waals surface area (Å²) in [5, 5.41) is 10.1. The first-order chi connectivity index (χ1) is 25.8. The summed E-state index contributed by atoms with van der Waals surface area (Å²) in [6.45, 7) is 0. The smallest absolute Gasteiger partial charge is 0.0548 e. The van der Waals surface area contributed by atoms with Crippen LogP contribution in [0.1, 0.15) is 0 Å². The second kappa shape index (κ2) is 11.3. The zero-order chi connectivity index (χ0) is 34.2. The second-order valence-electron chi connectivity index (χ2n) is 13.7. The molecule has 0 fully saturated rings. The van der Waals surface area contributed by atoms with Crippen LogP contribution in [0.15, 0.2) is 194 Å². The summed E-state index contributed by atoms with van der Waals surface area (Å²) in [5.74, 6) is 0. The van der Waals surface area contributed by atoms with Crippen molar-refractivity contribution in [2.24, 2.45) is 0 Å². The van der Waals surface area contributed by atoms with Gasteiger partial charge in [-0.2, -0.15) is 0 Å². The minimum Gasteiger partial charge on any atom is -0.309 e. The number of benzene rings is 9. The summed E-state index contributed by atoms with van der Waals surface area (Å²) < 4.78 is 4.91. The Labute approximate surface area is 301 Å². The van der Waals surface area contributed by atoms with E-state index in [0.717, 1.165) is 5.69 Å². The van der Waals surface area contributed by atoms with Gasteiger partial charge in [0.05, 0.1) is 22.1 Å². The first kappa shape index (κ1) is 28.9. The third kappa shape index (κ3) is 4.31. The van der Waals surface area contributed by atoms with E-state index in [0.29, 0.717) is 0 Å². The lowest BCUT2D eigenvalue weighted by atomic mass is 9.98. The van der Waals surface area contributed by atoms with Gasteiger partial charge in [0.15, 0.2) is 0 Å². The lowest BCUT2D eigenvalue weighted by molar-refractivity contribution is 1.17. The van der Waals surface area contributed by atoms with E-state index in [1.165, 1.54) is 93.1 Å². The van der Waals surface area contributed by atoms with Crippen molar-refractivity contribution in [2.45, 2.75) is 0 Å². The molecule has 242 valence electrons. The SMILES string of the molecule is c1ccc(-c2ccc3c4c5c6ccccc6n(-c6ccc7ccccc7c6)c5ccc4n(-c4ccc(-c5cccc6ccccc56)cc4)c3c2)cc1. The van der Waals surface area contributed by atoms with Crippen LogP contribution in [0.25, 0.3) is 98.8 Å². The summed E-state index contributed by atoms with van der Waals surface area (Å²) in [5.41, 5.74) is 12.0.